The first-order valence-electron chi connectivity index (χ1n) is 14.6. The van der Waals surface area contributed by atoms with E-state index in [0.29, 0.717) is 12.3 Å². The molecular formula is C35H39N3O6S. The predicted molar refractivity (Wildman–Crippen MR) is 175 cm³/mol. The van der Waals surface area contributed by atoms with Gasteiger partial charge in [0, 0.05) is 19.5 Å². The molecule has 0 unspecified atom stereocenters. The summed E-state index contributed by atoms with van der Waals surface area (Å²) in [5.74, 6) is -0.111. The molecule has 0 aromatic heterocycles. The van der Waals surface area contributed by atoms with Crippen molar-refractivity contribution in [3.05, 3.63) is 120 Å². The Balaban J connectivity index is 1.83. The van der Waals surface area contributed by atoms with Crippen LogP contribution in [0.4, 0.5) is 5.69 Å². The zero-order chi connectivity index (χ0) is 32.4. The largest absolute Gasteiger partial charge is 0.497 e. The number of carbonyl (C=O) groups is 2. The molecule has 4 rings (SSSR count). The maximum atomic E-state index is 14.5. The summed E-state index contributed by atoms with van der Waals surface area (Å²) in [6.45, 7) is 3.64. The quantitative estimate of drug-likeness (QED) is 0.211. The number of rotatable bonds is 14. The molecule has 0 spiro atoms. The van der Waals surface area contributed by atoms with Gasteiger partial charge in [0.1, 0.15) is 24.1 Å². The molecule has 0 bridgehead atoms. The molecule has 0 saturated carbocycles. The molecule has 1 atom stereocenters. The van der Waals surface area contributed by atoms with E-state index in [1.807, 2.05) is 68.4 Å². The minimum Gasteiger partial charge on any atom is -0.497 e. The number of para-hydroxylation sites is 2. The van der Waals surface area contributed by atoms with Gasteiger partial charge in [0.25, 0.3) is 10.0 Å². The van der Waals surface area contributed by atoms with Gasteiger partial charge in [-0.1, -0.05) is 66.7 Å². The first-order chi connectivity index (χ1) is 21.7. The van der Waals surface area contributed by atoms with Crippen LogP contribution in [0.2, 0.25) is 0 Å². The topological polar surface area (TPSA) is 105 Å². The van der Waals surface area contributed by atoms with Gasteiger partial charge >= 0.3 is 0 Å². The van der Waals surface area contributed by atoms with Crippen LogP contribution in [0.1, 0.15) is 23.6 Å². The highest BCUT2D eigenvalue weighted by Gasteiger charge is 2.35. The second kappa shape index (κ2) is 15.3. The van der Waals surface area contributed by atoms with E-state index in [-0.39, 0.29) is 35.2 Å². The van der Waals surface area contributed by atoms with E-state index in [4.69, 9.17) is 9.47 Å². The van der Waals surface area contributed by atoms with E-state index in [2.05, 4.69) is 5.32 Å². The Morgan fingerprint density at radius 2 is 1.47 bits per heavy atom. The van der Waals surface area contributed by atoms with Crippen LogP contribution in [0.15, 0.2) is 108 Å². The van der Waals surface area contributed by atoms with E-state index in [0.717, 1.165) is 21.0 Å². The number of methoxy groups -OCH3 is 2. The Kier molecular flexibility index (Phi) is 11.2. The van der Waals surface area contributed by atoms with E-state index in [1.165, 1.54) is 31.3 Å². The van der Waals surface area contributed by atoms with E-state index in [9.17, 15) is 18.0 Å². The van der Waals surface area contributed by atoms with Crippen LogP contribution >= 0.6 is 0 Å². The second-order valence-corrected chi connectivity index (χ2v) is 12.3. The standard InChI is InChI=1S/C35H39N3O6S/c1-5-36-35(40)32(23-27-14-7-6-8-15-27)37(24-28-16-10-9-13-26(28)2)34(39)25-38(31-17-11-12-18-33(31)44-4)45(41,42)30-21-19-29(43-3)20-22-30/h6-22,32H,5,23-25H2,1-4H3,(H,36,40)/t32-/m1/s1. The normalized spacial score (nSPS) is 11.7. The fourth-order valence-corrected chi connectivity index (χ4v) is 6.47. The second-order valence-electron chi connectivity index (χ2n) is 10.4. The summed E-state index contributed by atoms with van der Waals surface area (Å²) in [7, 11) is -1.35. The molecule has 4 aromatic carbocycles. The summed E-state index contributed by atoms with van der Waals surface area (Å²) in [4.78, 5) is 29.6. The SMILES string of the molecule is CCNC(=O)[C@@H](Cc1ccccc1)N(Cc1ccccc1C)C(=O)CN(c1ccccc1OC)S(=O)(=O)c1ccc(OC)cc1. The monoisotopic (exact) mass is 629 g/mol. The molecule has 4 aromatic rings. The predicted octanol–water partition coefficient (Wildman–Crippen LogP) is 4.98. The smallest absolute Gasteiger partial charge is 0.264 e. The number of benzene rings is 4. The van der Waals surface area contributed by atoms with Gasteiger partial charge in [-0.05, 0) is 66.9 Å². The lowest BCUT2D eigenvalue weighted by molar-refractivity contribution is -0.140. The third-order valence-corrected chi connectivity index (χ3v) is 9.28. The molecule has 0 heterocycles. The van der Waals surface area contributed by atoms with Crippen molar-refractivity contribution in [2.75, 3.05) is 31.6 Å². The summed E-state index contributed by atoms with van der Waals surface area (Å²) < 4.78 is 40.3. The molecule has 0 aliphatic rings. The molecule has 9 nitrogen and oxygen atoms in total. The van der Waals surface area contributed by atoms with Crippen LogP contribution in [-0.4, -0.2) is 58.5 Å². The number of ether oxygens (including phenoxy) is 2. The van der Waals surface area contributed by atoms with E-state index in [1.54, 1.807) is 36.4 Å². The zero-order valence-electron chi connectivity index (χ0n) is 26.0. The molecule has 45 heavy (non-hydrogen) atoms. The average Bonchev–Trinajstić information content (AvgIpc) is 3.06. The Labute approximate surface area is 265 Å². The summed E-state index contributed by atoms with van der Waals surface area (Å²) in [6, 6.07) is 28.7. The highest BCUT2D eigenvalue weighted by Crippen LogP contribution is 2.33. The van der Waals surface area contributed by atoms with Crippen molar-refractivity contribution in [2.45, 2.75) is 37.8 Å². The summed E-state index contributed by atoms with van der Waals surface area (Å²) >= 11 is 0. The third-order valence-electron chi connectivity index (χ3n) is 7.50. The maximum Gasteiger partial charge on any atom is 0.264 e. The number of sulfonamides is 1. The van der Waals surface area contributed by atoms with Gasteiger partial charge in [-0.2, -0.15) is 0 Å². The molecule has 0 saturated heterocycles. The average molecular weight is 630 g/mol. The third kappa shape index (κ3) is 8.02. The van der Waals surface area contributed by atoms with Crippen molar-refractivity contribution in [1.82, 2.24) is 10.2 Å². The fraction of sp³-hybridized carbons (Fsp3) is 0.257. The zero-order valence-corrected chi connectivity index (χ0v) is 26.8. The molecular weight excluding hydrogens is 590 g/mol. The van der Waals surface area contributed by atoms with Crippen LogP contribution in [0.3, 0.4) is 0 Å². The van der Waals surface area contributed by atoms with Crippen LogP contribution < -0.4 is 19.1 Å². The highest BCUT2D eigenvalue weighted by atomic mass is 32.2. The number of aryl methyl sites for hydroxylation is 1. The van der Waals surface area contributed by atoms with Crippen molar-refractivity contribution < 1.29 is 27.5 Å². The number of carbonyl (C=O) groups excluding carboxylic acids is 2. The van der Waals surface area contributed by atoms with Gasteiger partial charge < -0.3 is 19.7 Å². The highest BCUT2D eigenvalue weighted by molar-refractivity contribution is 7.92. The lowest BCUT2D eigenvalue weighted by Gasteiger charge is -2.34. The van der Waals surface area contributed by atoms with Gasteiger partial charge in [0.05, 0.1) is 24.8 Å². The van der Waals surface area contributed by atoms with Crippen molar-refractivity contribution >= 4 is 27.5 Å². The van der Waals surface area contributed by atoms with Gasteiger partial charge in [-0.3, -0.25) is 13.9 Å². The van der Waals surface area contributed by atoms with Crippen molar-refractivity contribution in [1.29, 1.82) is 0 Å². The first-order valence-corrected chi connectivity index (χ1v) is 16.1. The van der Waals surface area contributed by atoms with Gasteiger partial charge in [0.2, 0.25) is 11.8 Å². The lowest BCUT2D eigenvalue weighted by atomic mass is 10.0. The number of anilines is 1. The minimum atomic E-state index is -4.29. The van der Waals surface area contributed by atoms with Crippen molar-refractivity contribution in [3.63, 3.8) is 0 Å². The van der Waals surface area contributed by atoms with Crippen LogP contribution in [0.25, 0.3) is 0 Å². The van der Waals surface area contributed by atoms with Crippen LogP contribution in [-0.2, 0) is 32.6 Å². The maximum absolute atomic E-state index is 14.5. The van der Waals surface area contributed by atoms with Crippen molar-refractivity contribution in [2.24, 2.45) is 0 Å². The molecule has 0 fully saturated rings. The summed E-state index contributed by atoms with van der Waals surface area (Å²) in [5, 5.41) is 2.88. The number of amides is 2. The summed E-state index contributed by atoms with van der Waals surface area (Å²) in [6.07, 6.45) is 0.240. The lowest BCUT2D eigenvalue weighted by Crippen LogP contribution is -2.53. The van der Waals surface area contributed by atoms with Gasteiger partial charge in [0.15, 0.2) is 0 Å². The first kappa shape index (κ1) is 33.1. The Bertz CT molecular complexity index is 1690. The molecule has 236 valence electrons. The number of hydrogen-bond acceptors (Lipinski definition) is 6. The van der Waals surface area contributed by atoms with Gasteiger partial charge in [-0.25, -0.2) is 8.42 Å². The van der Waals surface area contributed by atoms with E-state index < -0.39 is 28.5 Å². The molecule has 0 radical (unpaired) electrons. The fourth-order valence-electron chi connectivity index (χ4n) is 5.04. The molecule has 10 heteroatoms. The Morgan fingerprint density at radius 1 is 0.822 bits per heavy atom. The number of nitrogens with one attached hydrogen (secondary N) is 1. The number of nitrogens with zero attached hydrogens (tertiary/aromatic N) is 2. The van der Waals surface area contributed by atoms with Crippen molar-refractivity contribution in [3.8, 4) is 11.5 Å². The van der Waals surface area contributed by atoms with Crippen LogP contribution in [0, 0.1) is 6.92 Å². The minimum absolute atomic E-state index is 0.0305. The molecule has 1 N–H and O–H groups in total. The molecule has 0 aliphatic heterocycles. The molecule has 0 aliphatic carbocycles. The summed E-state index contributed by atoms with van der Waals surface area (Å²) in [5.41, 5.74) is 2.84. The molecule has 2 amide bonds. The number of hydrogen-bond donors (Lipinski definition) is 1. The van der Waals surface area contributed by atoms with E-state index >= 15 is 0 Å². The Hall–Kier alpha value is -4.83. The van der Waals surface area contributed by atoms with Crippen LogP contribution in [0.5, 0.6) is 11.5 Å². The Morgan fingerprint density at radius 3 is 2.11 bits per heavy atom. The number of likely N-dealkylation sites (N-methyl/N-ethyl adjacent to an activating group) is 1. The van der Waals surface area contributed by atoms with Gasteiger partial charge in [-0.15, -0.1) is 0 Å².